The van der Waals surface area contributed by atoms with Crippen molar-refractivity contribution in [1.29, 1.82) is 0 Å². The summed E-state index contributed by atoms with van der Waals surface area (Å²) in [4.78, 5) is 13.1. The van der Waals surface area contributed by atoms with Gasteiger partial charge in [0.2, 0.25) is 21.1 Å². The minimum absolute atomic E-state index is 0.278. The van der Waals surface area contributed by atoms with Gasteiger partial charge in [-0.2, -0.15) is 0 Å². The fraction of sp³-hybridized carbons (Fsp3) is 0.318. The second kappa shape index (κ2) is 11.5. The lowest BCUT2D eigenvalue weighted by Crippen LogP contribution is -2.47. The Balaban J connectivity index is 1.72. The monoisotopic (exact) mass is 506 g/mol. The molecular formula is C22H26N4O4S3. The maximum Gasteiger partial charge on any atom is 0.250 e. The Morgan fingerprint density at radius 2 is 1.82 bits per heavy atom. The van der Waals surface area contributed by atoms with Gasteiger partial charge in [0.05, 0.1) is 18.6 Å². The number of nitrogens with zero attached hydrogens (tertiary/aromatic N) is 3. The van der Waals surface area contributed by atoms with Gasteiger partial charge in [-0.25, -0.2) is 8.42 Å². The Kier molecular flexibility index (Phi) is 8.70. The SMILES string of the molecule is CCOc1ccc(N([C@H](CC)C(=O)Nc2nnc(SCc3ccccc3)s2)S(C)(=O)=O)cc1. The van der Waals surface area contributed by atoms with Crippen molar-refractivity contribution < 1.29 is 17.9 Å². The van der Waals surface area contributed by atoms with Crippen molar-refractivity contribution in [2.24, 2.45) is 0 Å². The molecule has 0 radical (unpaired) electrons. The number of carbonyl (C=O) groups is 1. The van der Waals surface area contributed by atoms with Crippen LogP contribution in [0.15, 0.2) is 58.9 Å². The second-order valence-corrected chi connectivity index (χ2v) is 11.1. The highest BCUT2D eigenvalue weighted by atomic mass is 32.2. The van der Waals surface area contributed by atoms with Gasteiger partial charge in [-0.3, -0.25) is 14.4 Å². The number of nitrogens with one attached hydrogen (secondary N) is 1. The van der Waals surface area contributed by atoms with E-state index in [0.29, 0.717) is 27.5 Å². The number of thioether (sulfide) groups is 1. The molecule has 3 rings (SSSR count). The molecule has 0 spiro atoms. The van der Waals surface area contributed by atoms with Gasteiger partial charge in [-0.1, -0.05) is 60.4 Å². The van der Waals surface area contributed by atoms with E-state index in [9.17, 15) is 13.2 Å². The molecule has 1 heterocycles. The number of sulfonamides is 1. The molecule has 8 nitrogen and oxygen atoms in total. The minimum atomic E-state index is -3.73. The van der Waals surface area contributed by atoms with E-state index in [1.807, 2.05) is 37.3 Å². The number of benzene rings is 2. The Morgan fingerprint density at radius 3 is 2.42 bits per heavy atom. The summed E-state index contributed by atoms with van der Waals surface area (Å²) in [6.07, 6.45) is 1.36. The quantitative estimate of drug-likeness (QED) is 0.304. The van der Waals surface area contributed by atoms with Crippen LogP contribution in [0.2, 0.25) is 0 Å². The van der Waals surface area contributed by atoms with E-state index in [1.54, 1.807) is 31.2 Å². The first kappa shape index (κ1) is 25.0. The molecule has 0 fully saturated rings. The summed E-state index contributed by atoms with van der Waals surface area (Å²) in [5.74, 6) is 0.898. The Hall–Kier alpha value is -2.63. The number of amides is 1. The molecule has 0 saturated heterocycles. The lowest BCUT2D eigenvalue weighted by atomic mass is 10.2. The molecule has 33 heavy (non-hydrogen) atoms. The largest absolute Gasteiger partial charge is 0.494 e. The number of anilines is 2. The van der Waals surface area contributed by atoms with Gasteiger partial charge in [0.15, 0.2) is 4.34 Å². The van der Waals surface area contributed by atoms with Gasteiger partial charge in [0, 0.05) is 5.75 Å². The van der Waals surface area contributed by atoms with Crippen LogP contribution >= 0.6 is 23.1 Å². The number of ether oxygens (including phenoxy) is 1. The maximum atomic E-state index is 13.1. The average Bonchev–Trinajstić information content (AvgIpc) is 3.24. The lowest BCUT2D eigenvalue weighted by Gasteiger charge is -2.29. The van der Waals surface area contributed by atoms with Gasteiger partial charge in [-0.05, 0) is 43.2 Å². The summed E-state index contributed by atoms with van der Waals surface area (Å²) in [6.45, 7) is 4.13. The fourth-order valence-electron chi connectivity index (χ4n) is 3.14. The number of carbonyl (C=O) groups excluding carboxylic acids is 1. The summed E-state index contributed by atoms with van der Waals surface area (Å²) in [5.41, 5.74) is 1.55. The first-order valence-electron chi connectivity index (χ1n) is 10.3. The molecule has 0 aliphatic rings. The van der Waals surface area contributed by atoms with Gasteiger partial charge in [-0.15, -0.1) is 10.2 Å². The summed E-state index contributed by atoms with van der Waals surface area (Å²) < 4.78 is 32.5. The molecule has 11 heteroatoms. The van der Waals surface area contributed by atoms with Gasteiger partial charge in [0.1, 0.15) is 11.8 Å². The summed E-state index contributed by atoms with van der Waals surface area (Å²) in [6, 6.07) is 15.7. The number of hydrogen-bond acceptors (Lipinski definition) is 8. The normalized spacial score (nSPS) is 12.2. The summed E-state index contributed by atoms with van der Waals surface area (Å²) in [7, 11) is -3.73. The smallest absolute Gasteiger partial charge is 0.250 e. The van der Waals surface area contributed by atoms with Crippen LogP contribution in [0, 0.1) is 0 Å². The Bertz CT molecular complexity index is 1150. The van der Waals surface area contributed by atoms with E-state index in [2.05, 4.69) is 15.5 Å². The van der Waals surface area contributed by atoms with E-state index in [0.717, 1.165) is 21.9 Å². The zero-order chi connectivity index (χ0) is 23.8. The molecule has 0 bridgehead atoms. The summed E-state index contributed by atoms with van der Waals surface area (Å²) in [5, 5.41) is 11.2. The third-order valence-corrected chi connectivity index (χ3v) is 7.80. The van der Waals surface area contributed by atoms with Crippen molar-refractivity contribution in [3.05, 3.63) is 60.2 Å². The molecule has 2 aromatic carbocycles. The van der Waals surface area contributed by atoms with Gasteiger partial charge in [0.25, 0.3) is 0 Å². The average molecular weight is 507 g/mol. The second-order valence-electron chi connectivity index (χ2n) is 7.05. The van der Waals surface area contributed by atoms with Crippen molar-refractivity contribution in [3.63, 3.8) is 0 Å². The number of aromatic nitrogens is 2. The van der Waals surface area contributed by atoms with E-state index < -0.39 is 22.0 Å². The molecule has 0 unspecified atom stereocenters. The van der Waals surface area contributed by atoms with Crippen LogP contribution in [-0.2, 0) is 20.6 Å². The molecule has 0 aliphatic carbocycles. The third kappa shape index (κ3) is 6.92. The van der Waals surface area contributed by atoms with Crippen LogP contribution in [0.25, 0.3) is 0 Å². The third-order valence-electron chi connectivity index (χ3n) is 4.57. The van der Waals surface area contributed by atoms with Crippen LogP contribution in [0.4, 0.5) is 10.8 Å². The molecule has 3 aromatic rings. The van der Waals surface area contributed by atoms with Crippen LogP contribution < -0.4 is 14.4 Å². The molecule has 176 valence electrons. The van der Waals surface area contributed by atoms with Gasteiger partial charge < -0.3 is 4.74 Å². The van der Waals surface area contributed by atoms with Crippen molar-refractivity contribution in [1.82, 2.24) is 10.2 Å². The number of rotatable bonds is 11. The standard InChI is InChI=1S/C22H26N4O4S3/c1-4-19(26(33(3,28)29)17-11-13-18(14-12-17)30-5-2)20(27)23-21-24-25-22(32-21)31-15-16-9-7-6-8-10-16/h6-14,19H,4-5,15H2,1-3H3,(H,23,24,27)/t19-/m1/s1. The maximum absolute atomic E-state index is 13.1. The van der Waals surface area contributed by atoms with Crippen molar-refractivity contribution >= 4 is 49.8 Å². The predicted molar refractivity (Wildman–Crippen MR) is 134 cm³/mol. The van der Waals surface area contributed by atoms with Crippen LogP contribution in [0.3, 0.4) is 0 Å². The molecule has 1 atom stereocenters. The fourth-order valence-corrected chi connectivity index (χ4v) is 6.07. The molecule has 1 aromatic heterocycles. The van der Waals surface area contributed by atoms with Crippen LogP contribution in [0.1, 0.15) is 25.8 Å². The van der Waals surface area contributed by atoms with E-state index in [1.165, 1.54) is 23.1 Å². The first-order valence-corrected chi connectivity index (χ1v) is 14.0. The predicted octanol–water partition coefficient (Wildman–Crippen LogP) is 4.41. The Labute approximate surface area is 202 Å². The van der Waals surface area contributed by atoms with E-state index >= 15 is 0 Å². The van der Waals surface area contributed by atoms with Gasteiger partial charge >= 0.3 is 0 Å². The summed E-state index contributed by atoms with van der Waals surface area (Å²) >= 11 is 2.78. The zero-order valence-electron chi connectivity index (χ0n) is 18.6. The molecule has 1 amide bonds. The minimum Gasteiger partial charge on any atom is -0.494 e. The molecular weight excluding hydrogens is 480 g/mol. The van der Waals surface area contributed by atoms with Crippen molar-refractivity contribution in [2.75, 3.05) is 22.5 Å². The van der Waals surface area contributed by atoms with Crippen LogP contribution in [-0.4, -0.2) is 43.4 Å². The highest BCUT2D eigenvalue weighted by Crippen LogP contribution is 2.29. The highest BCUT2D eigenvalue weighted by Gasteiger charge is 2.32. The highest BCUT2D eigenvalue weighted by molar-refractivity contribution is 8.00. The molecule has 0 saturated carbocycles. The molecule has 0 aliphatic heterocycles. The first-order chi connectivity index (χ1) is 15.8. The topological polar surface area (TPSA) is 101 Å². The van der Waals surface area contributed by atoms with Crippen molar-refractivity contribution in [2.45, 2.75) is 36.4 Å². The van der Waals surface area contributed by atoms with Crippen LogP contribution in [0.5, 0.6) is 5.75 Å². The molecule has 1 N–H and O–H groups in total. The lowest BCUT2D eigenvalue weighted by molar-refractivity contribution is -0.117. The number of hydrogen-bond donors (Lipinski definition) is 1. The van der Waals surface area contributed by atoms with E-state index in [4.69, 9.17) is 4.74 Å². The zero-order valence-corrected chi connectivity index (χ0v) is 21.0. The van der Waals surface area contributed by atoms with Crippen molar-refractivity contribution in [3.8, 4) is 5.75 Å². The van der Waals surface area contributed by atoms with E-state index in [-0.39, 0.29) is 6.42 Å². The Morgan fingerprint density at radius 1 is 1.12 bits per heavy atom.